The number of Topliss-reactive ketones (excluding diaryl/α,β-unsaturated/α-hetero) is 1. The average Bonchev–Trinajstić information content (AvgIpc) is 2.97. The van der Waals surface area contributed by atoms with E-state index in [9.17, 15) is 9.59 Å². The first-order valence-corrected chi connectivity index (χ1v) is 8.28. The summed E-state index contributed by atoms with van der Waals surface area (Å²) in [7, 11) is 1.50. The number of fused-ring (bicyclic) bond motifs is 1. The minimum Gasteiger partial charge on any atom is -0.496 e. The summed E-state index contributed by atoms with van der Waals surface area (Å²) in [5.41, 5.74) is 1.19. The third-order valence-electron chi connectivity index (χ3n) is 3.57. The van der Waals surface area contributed by atoms with E-state index >= 15 is 0 Å². The van der Waals surface area contributed by atoms with Crippen LogP contribution in [0, 0.1) is 6.92 Å². The van der Waals surface area contributed by atoms with Crippen LogP contribution in [0.3, 0.4) is 0 Å². The van der Waals surface area contributed by atoms with E-state index in [2.05, 4.69) is 10.1 Å². The Balaban J connectivity index is 2.11. The number of carbonyl (C=O) groups is 1. The van der Waals surface area contributed by atoms with E-state index < -0.39 is 0 Å². The zero-order valence-corrected chi connectivity index (χ0v) is 14.3. The molecule has 0 amide bonds. The molecule has 0 aliphatic carbocycles. The molecule has 0 atom stereocenters. The topological polar surface area (TPSA) is 85.2 Å². The second-order valence-electron chi connectivity index (χ2n) is 5.31. The molecule has 3 aromatic rings. The Kier molecular flexibility index (Phi) is 4.44. The zero-order chi connectivity index (χ0) is 17.3. The number of ketones is 1. The third-order valence-corrected chi connectivity index (χ3v) is 4.60. The zero-order valence-electron chi connectivity index (χ0n) is 13.5. The lowest BCUT2D eigenvalue weighted by Gasteiger charge is -2.10. The van der Waals surface area contributed by atoms with Crippen LogP contribution in [0.2, 0.25) is 0 Å². The molecule has 124 valence electrons. The second kappa shape index (κ2) is 6.52. The first kappa shape index (κ1) is 16.3. The molecule has 0 fully saturated rings. The lowest BCUT2D eigenvalue weighted by Crippen LogP contribution is -2.17. The Hall–Kier alpha value is -2.54. The van der Waals surface area contributed by atoms with Gasteiger partial charge >= 0.3 is 0 Å². The smallest absolute Gasteiger partial charge is 0.205 e. The van der Waals surface area contributed by atoms with Crippen LogP contribution in [-0.2, 0) is 5.75 Å². The number of hydrogen-bond donors (Lipinski definition) is 1. The van der Waals surface area contributed by atoms with Crippen molar-refractivity contribution in [1.82, 2.24) is 10.1 Å². The Labute approximate surface area is 142 Å². The largest absolute Gasteiger partial charge is 0.496 e. The summed E-state index contributed by atoms with van der Waals surface area (Å²) < 4.78 is 10.3. The van der Waals surface area contributed by atoms with E-state index in [0.717, 1.165) is 5.69 Å². The van der Waals surface area contributed by atoms with Gasteiger partial charge in [0.2, 0.25) is 5.43 Å². The molecule has 2 heterocycles. The van der Waals surface area contributed by atoms with Crippen molar-refractivity contribution < 1.29 is 14.1 Å². The minimum atomic E-state index is -0.326. The van der Waals surface area contributed by atoms with Crippen molar-refractivity contribution in [3.63, 3.8) is 0 Å². The first-order valence-electron chi connectivity index (χ1n) is 7.30. The van der Waals surface area contributed by atoms with Crippen LogP contribution in [0.15, 0.2) is 38.6 Å². The number of nitrogens with one attached hydrogen (secondary N) is 1. The summed E-state index contributed by atoms with van der Waals surface area (Å²) in [6, 6.07) is 7.10. The van der Waals surface area contributed by atoms with E-state index in [0.29, 0.717) is 33.2 Å². The number of nitrogens with zero attached hydrogens (tertiary/aromatic N) is 1. The van der Waals surface area contributed by atoms with Gasteiger partial charge in [-0.05, 0) is 26.0 Å². The lowest BCUT2D eigenvalue weighted by atomic mass is 10.1. The molecular weight excluding hydrogens is 328 g/mol. The minimum absolute atomic E-state index is 0.136. The Bertz CT molecular complexity index is 974. The van der Waals surface area contributed by atoms with Gasteiger partial charge in [0.25, 0.3) is 0 Å². The van der Waals surface area contributed by atoms with E-state index in [1.54, 1.807) is 18.2 Å². The van der Waals surface area contributed by atoms with Gasteiger partial charge in [-0.1, -0.05) is 11.2 Å². The molecule has 0 saturated heterocycles. The number of benzene rings is 1. The molecule has 2 aromatic heterocycles. The van der Waals surface area contributed by atoms with Gasteiger partial charge in [0.15, 0.2) is 5.78 Å². The summed E-state index contributed by atoms with van der Waals surface area (Å²) in [6.07, 6.45) is 0. The summed E-state index contributed by atoms with van der Waals surface area (Å²) in [5, 5.41) is 4.83. The van der Waals surface area contributed by atoms with Crippen LogP contribution in [0.5, 0.6) is 5.75 Å². The van der Waals surface area contributed by atoms with Gasteiger partial charge in [-0.15, -0.1) is 11.8 Å². The van der Waals surface area contributed by atoms with E-state index in [-0.39, 0.29) is 16.8 Å². The molecule has 0 aliphatic heterocycles. The standard InChI is InChI=1S/C17H16N2O4S/c1-9-7-11(19-23-9)8-24-17-14(10(2)20)16(21)15-12(18-17)5-4-6-13(15)22-3/h4-7H,8H2,1-3H3,(H,18,21). The van der Waals surface area contributed by atoms with Crippen molar-refractivity contribution in [3.8, 4) is 5.75 Å². The van der Waals surface area contributed by atoms with E-state index in [1.165, 1.54) is 25.8 Å². The van der Waals surface area contributed by atoms with Crippen molar-refractivity contribution in [3.05, 3.63) is 51.5 Å². The second-order valence-corrected chi connectivity index (χ2v) is 6.30. The maximum Gasteiger partial charge on any atom is 0.205 e. The number of aromatic amines is 1. The molecule has 6 nitrogen and oxygen atoms in total. The van der Waals surface area contributed by atoms with Gasteiger partial charge in [-0.3, -0.25) is 9.59 Å². The maximum absolute atomic E-state index is 12.8. The van der Waals surface area contributed by atoms with Crippen molar-refractivity contribution in [1.29, 1.82) is 0 Å². The molecule has 7 heteroatoms. The number of hydrogen-bond acceptors (Lipinski definition) is 6. The molecule has 24 heavy (non-hydrogen) atoms. The van der Waals surface area contributed by atoms with Crippen LogP contribution in [-0.4, -0.2) is 23.0 Å². The Morgan fingerprint density at radius 1 is 1.42 bits per heavy atom. The summed E-state index contributed by atoms with van der Waals surface area (Å²) in [5.74, 6) is 1.36. The molecule has 3 rings (SSSR count). The number of aryl methyl sites for hydroxylation is 1. The SMILES string of the molecule is COc1cccc2[nH]c(SCc3cc(C)on3)c(C(C)=O)c(=O)c12. The number of methoxy groups -OCH3 is 1. The number of H-pyrrole nitrogens is 1. The number of carbonyl (C=O) groups excluding carboxylic acids is 1. The molecule has 1 aromatic carbocycles. The monoisotopic (exact) mass is 344 g/mol. The predicted molar refractivity (Wildman–Crippen MR) is 91.9 cm³/mol. The van der Waals surface area contributed by atoms with Gasteiger partial charge in [-0.25, -0.2) is 0 Å². The van der Waals surface area contributed by atoms with E-state index in [1.807, 2.05) is 13.0 Å². The van der Waals surface area contributed by atoms with Gasteiger partial charge in [0.1, 0.15) is 11.5 Å². The number of ether oxygens (including phenoxy) is 1. The van der Waals surface area contributed by atoms with Gasteiger partial charge in [0.05, 0.1) is 34.3 Å². The fraction of sp³-hybridized carbons (Fsp3) is 0.235. The molecule has 1 N–H and O–H groups in total. The quantitative estimate of drug-likeness (QED) is 0.564. The molecule has 0 spiro atoms. The molecule has 0 bridgehead atoms. The fourth-order valence-electron chi connectivity index (χ4n) is 2.51. The van der Waals surface area contributed by atoms with Crippen LogP contribution < -0.4 is 10.2 Å². The normalized spacial score (nSPS) is 11.0. The number of rotatable bonds is 5. The fourth-order valence-corrected chi connectivity index (χ4v) is 3.50. The van der Waals surface area contributed by atoms with Crippen molar-refractivity contribution in [2.24, 2.45) is 0 Å². The van der Waals surface area contributed by atoms with E-state index in [4.69, 9.17) is 9.26 Å². The van der Waals surface area contributed by atoms with Gasteiger partial charge in [0, 0.05) is 11.8 Å². The number of pyridine rings is 1. The Morgan fingerprint density at radius 3 is 2.83 bits per heavy atom. The van der Waals surface area contributed by atoms with Gasteiger partial charge in [-0.2, -0.15) is 0 Å². The highest BCUT2D eigenvalue weighted by molar-refractivity contribution is 7.98. The predicted octanol–water partition coefficient (Wildman–Crippen LogP) is 3.33. The summed E-state index contributed by atoms with van der Waals surface area (Å²) in [4.78, 5) is 28.0. The van der Waals surface area contributed by atoms with Crippen LogP contribution in [0.4, 0.5) is 0 Å². The molecular formula is C17H16N2O4S. The van der Waals surface area contributed by atoms with Crippen molar-refractivity contribution >= 4 is 28.4 Å². The van der Waals surface area contributed by atoms with Crippen LogP contribution >= 0.6 is 11.8 Å². The summed E-state index contributed by atoms with van der Waals surface area (Å²) >= 11 is 1.34. The molecule has 0 radical (unpaired) electrons. The number of thioether (sulfide) groups is 1. The van der Waals surface area contributed by atoms with Gasteiger partial charge < -0.3 is 14.2 Å². The highest BCUT2D eigenvalue weighted by atomic mass is 32.2. The van der Waals surface area contributed by atoms with Crippen molar-refractivity contribution in [2.45, 2.75) is 24.6 Å². The maximum atomic E-state index is 12.8. The third kappa shape index (κ3) is 2.94. The Morgan fingerprint density at radius 2 is 2.21 bits per heavy atom. The highest BCUT2D eigenvalue weighted by Crippen LogP contribution is 2.28. The molecule has 0 aliphatic rings. The highest BCUT2D eigenvalue weighted by Gasteiger charge is 2.19. The molecule has 0 saturated carbocycles. The number of aromatic nitrogens is 2. The molecule has 0 unspecified atom stereocenters. The van der Waals surface area contributed by atoms with Crippen LogP contribution in [0.25, 0.3) is 10.9 Å². The summed E-state index contributed by atoms with van der Waals surface area (Å²) in [6.45, 7) is 3.20. The average molecular weight is 344 g/mol. The lowest BCUT2D eigenvalue weighted by molar-refractivity contribution is 0.101. The van der Waals surface area contributed by atoms with Crippen molar-refractivity contribution in [2.75, 3.05) is 7.11 Å². The first-order chi connectivity index (χ1) is 11.5. The van der Waals surface area contributed by atoms with Crippen LogP contribution in [0.1, 0.15) is 28.7 Å².